The fourth-order valence-electron chi connectivity index (χ4n) is 1.40. The van der Waals surface area contributed by atoms with Crippen LogP contribution in [0.25, 0.3) is 0 Å². The van der Waals surface area contributed by atoms with E-state index in [0.29, 0.717) is 5.69 Å². The minimum Gasteiger partial charge on any atom is -0.480 e. The molecule has 0 bridgehead atoms. The number of hydrogen-bond donors (Lipinski definition) is 2. The first-order valence-electron chi connectivity index (χ1n) is 5.41. The van der Waals surface area contributed by atoms with Gasteiger partial charge in [-0.05, 0) is 24.6 Å². The number of carbonyl (C=O) groups excluding carboxylic acids is 1. The molecule has 0 fully saturated rings. The topological polar surface area (TPSA) is 69.6 Å². The van der Waals surface area contributed by atoms with E-state index in [2.05, 4.69) is 27.2 Å². The van der Waals surface area contributed by atoms with E-state index >= 15 is 0 Å². The van der Waals surface area contributed by atoms with E-state index in [1.165, 1.54) is 0 Å². The minimum atomic E-state index is -1.11. The lowest BCUT2D eigenvalue weighted by Crippen LogP contribution is -2.39. The molecule has 2 amide bonds. The molecule has 1 rings (SSSR count). The zero-order chi connectivity index (χ0) is 14.4. The van der Waals surface area contributed by atoms with E-state index in [1.54, 1.807) is 6.07 Å². The van der Waals surface area contributed by atoms with Crippen molar-refractivity contribution < 1.29 is 14.7 Å². The van der Waals surface area contributed by atoms with Crippen molar-refractivity contribution in [1.29, 1.82) is 0 Å². The predicted molar refractivity (Wildman–Crippen MR) is 75.9 cm³/mol. The summed E-state index contributed by atoms with van der Waals surface area (Å²) in [4.78, 5) is 23.7. The van der Waals surface area contributed by atoms with Gasteiger partial charge < -0.3 is 15.3 Å². The molecule has 6 heteroatoms. The quantitative estimate of drug-likeness (QED) is 0.835. The first-order chi connectivity index (χ1) is 8.93. The molecule has 1 aromatic rings. The second-order valence-corrected chi connectivity index (χ2v) is 4.76. The van der Waals surface area contributed by atoms with Crippen LogP contribution in [-0.4, -0.2) is 35.1 Å². The molecule has 0 saturated heterocycles. The van der Waals surface area contributed by atoms with Crippen LogP contribution in [0.4, 0.5) is 10.5 Å². The number of halogens is 1. The van der Waals surface area contributed by atoms with Gasteiger partial charge in [-0.25, -0.2) is 4.79 Å². The Morgan fingerprint density at radius 3 is 2.79 bits per heavy atom. The second-order valence-electron chi connectivity index (χ2n) is 3.84. The van der Waals surface area contributed by atoms with Crippen LogP contribution in [0.2, 0.25) is 0 Å². The normalized spacial score (nSPS) is 9.53. The number of nitrogens with zero attached hydrogens (tertiary/aromatic N) is 1. The average molecular weight is 325 g/mol. The van der Waals surface area contributed by atoms with Crippen LogP contribution in [0, 0.1) is 19.3 Å². The lowest BCUT2D eigenvalue weighted by Gasteiger charge is -2.19. The monoisotopic (exact) mass is 324 g/mol. The molecule has 0 heterocycles. The predicted octanol–water partition coefficient (Wildman–Crippen LogP) is 2.31. The van der Waals surface area contributed by atoms with Crippen molar-refractivity contribution >= 4 is 33.6 Å². The maximum Gasteiger partial charge on any atom is 0.323 e. The molecular formula is C13H13BrN2O3. The van der Waals surface area contributed by atoms with Crippen LogP contribution in [0.1, 0.15) is 5.56 Å². The molecule has 100 valence electrons. The third kappa shape index (κ3) is 4.64. The molecular weight excluding hydrogens is 312 g/mol. The number of urea groups is 1. The Morgan fingerprint density at radius 1 is 1.53 bits per heavy atom. The van der Waals surface area contributed by atoms with E-state index in [4.69, 9.17) is 11.5 Å². The summed E-state index contributed by atoms with van der Waals surface area (Å²) in [5.41, 5.74) is 1.47. The SMILES string of the molecule is C#CCN(CC(=O)O)C(=O)Nc1cc(Br)ccc1C. The highest BCUT2D eigenvalue weighted by Gasteiger charge is 2.16. The zero-order valence-electron chi connectivity index (χ0n) is 10.3. The van der Waals surface area contributed by atoms with Gasteiger partial charge in [-0.3, -0.25) is 4.79 Å². The van der Waals surface area contributed by atoms with Gasteiger partial charge in [0.05, 0.1) is 6.54 Å². The number of hydrogen-bond acceptors (Lipinski definition) is 2. The van der Waals surface area contributed by atoms with Crippen molar-refractivity contribution in [3.63, 3.8) is 0 Å². The maximum absolute atomic E-state index is 11.9. The van der Waals surface area contributed by atoms with Gasteiger partial charge in [0.1, 0.15) is 6.54 Å². The first-order valence-corrected chi connectivity index (χ1v) is 6.20. The molecule has 0 aliphatic rings. The summed E-state index contributed by atoms with van der Waals surface area (Å²) in [5, 5.41) is 11.4. The van der Waals surface area contributed by atoms with Gasteiger partial charge in [-0.1, -0.05) is 27.9 Å². The van der Waals surface area contributed by atoms with Crippen LogP contribution >= 0.6 is 15.9 Å². The molecule has 1 aromatic carbocycles. The van der Waals surface area contributed by atoms with Gasteiger partial charge in [-0.2, -0.15) is 0 Å². The lowest BCUT2D eigenvalue weighted by molar-refractivity contribution is -0.137. The molecule has 0 aliphatic carbocycles. The van der Waals surface area contributed by atoms with E-state index in [0.717, 1.165) is 14.9 Å². The highest BCUT2D eigenvalue weighted by molar-refractivity contribution is 9.10. The summed E-state index contributed by atoms with van der Waals surface area (Å²) in [5.74, 6) is 1.14. The molecule has 0 atom stereocenters. The molecule has 0 unspecified atom stereocenters. The minimum absolute atomic E-state index is 0.0643. The van der Waals surface area contributed by atoms with Crippen molar-refractivity contribution in [2.45, 2.75) is 6.92 Å². The summed E-state index contributed by atoms with van der Waals surface area (Å²) in [7, 11) is 0. The fraction of sp³-hybridized carbons (Fsp3) is 0.231. The number of carboxylic acids is 1. The first kappa shape index (κ1) is 15.1. The van der Waals surface area contributed by atoms with Crippen LogP contribution in [0.15, 0.2) is 22.7 Å². The Hall–Kier alpha value is -2.00. The standard InChI is InChI=1S/C13H13BrN2O3/c1-3-6-16(8-12(17)18)13(19)15-11-7-10(14)5-4-9(11)2/h1,4-5,7H,6,8H2,2H3,(H,15,19)(H,17,18). The van der Waals surface area contributed by atoms with E-state index in [-0.39, 0.29) is 6.54 Å². The number of nitrogens with one attached hydrogen (secondary N) is 1. The average Bonchev–Trinajstić information content (AvgIpc) is 2.32. The molecule has 0 aliphatic heterocycles. The van der Waals surface area contributed by atoms with Crippen molar-refractivity contribution in [3.8, 4) is 12.3 Å². The number of amides is 2. The molecule has 0 spiro atoms. The van der Waals surface area contributed by atoms with Crippen LogP contribution in [0.5, 0.6) is 0 Å². The van der Waals surface area contributed by atoms with Gasteiger partial charge in [0.15, 0.2) is 0 Å². The van der Waals surface area contributed by atoms with Crippen molar-refractivity contribution in [1.82, 2.24) is 4.90 Å². The third-order valence-electron chi connectivity index (χ3n) is 2.34. The Morgan fingerprint density at radius 2 is 2.21 bits per heavy atom. The van der Waals surface area contributed by atoms with Gasteiger partial charge >= 0.3 is 12.0 Å². The van der Waals surface area contributed by atoms with E-state index < -0.39 is 18.5 Å². The van der Waals surface area contributed by atoms with Gasteiger partial charge in [0, 0.05) is 10.2 Å². The zero-order valence-corrected chi connectivity index (χ0v) is 11.9. The second kappa shape index (κ2) is 6.81. The largest absolute Gasteiger partial charge is 0.480 e. The Kier molecular flexibility index (Phi) is 5.39. The van der Waals surface area contributed by atoms with Crippen LogP contribution in [0.3, 0.4) is 0 Å². The number of anilines is 1. The van der Waals surface area contributed by atoms with Gasteiger partial charge in [-0.15, -0.1) is 6.42 Å². The summed E-state index contributed by atoms with van der Waals surface area (Å²) in [6.07, 6.45) is 5.12. The highest BCUT2D eigenvalue weighted by atomic mass is 79.9. The molecule has 0 aromatic heterocycles. The number of aryl methyl sites for hydroxylation is 1. The Labute approximate surface area is 119 Å². The molecule has 0 radical (unpaired) electrons. The van der Waals surface area contributed by atoms with E-state index in [9.17, 15) is 9.59 Å². The van der Waals surface area contributed by atoms with E-state index in [1.807, 2.05) is 19.1 Å². The Bertz CT molecular complexity index is 537. The third-order valence-corrected chi connectivity index (χ3v) is 2.83. The molecule has 19 heavy (non-hydrogen) atoms. The number of benzene rings is 1. The van der Waals surface area contributed by atoms with Crippen molar-refractivity contribution in [2.24, 2.45) is 0 Å². The maximum atomic E-state index is 11.9. The van der Waals surface area contributed by atoms with Crippen molar-refractivity contribution in [3.05, 3.63) is 28.2 Å². The lowest BCUT2D eigenvalue weighted by atomic mass is 10.2. The van der Waals surface area contributed by atoms with Crippen LogP contribution < -0.4 is 5.32 Å². The van der Waals surface area contributed by atoms with Gasteiger partial charge in [0.25, 0.3) is 0 Å². The summed E-state index contributed by atoms with van der Waals surface area (Å²) < 4.78 is 0.815. The number of carbonyl (C=O) groups is 2. The van der Waals surface area contributed by atoms with Crippen LogP contribution in [-0.2, 0) is 4.79 Å². The Balaban J connectivity index is 2.84. The number of aliphatic carboxylic acids is 1. The number of terminal acetylenes is 1. The summed E-state index contributed by atoms with van der Waals surface area (Å²) in [6, 6.07) is 4.88. The molecule has 5 nitrogen and oxygen atoms in total. The number of carboxylic acid groups (broad SMARTS) is 1. The van der Waals surface area contributed by atoms with Crippen molar-refractivity contribution in [2.75, 3.05) is 18.4 Å². The highest BCUT2D eigenvalue weighted by Crippen LogP contribution is 2.20. The smallest absolute Gasteiger partial charge is 0.323 e. The number of rotatable bonds is 4. The summed E-state index contributed by atoms with van der Waals surface area (Å²) in [6.45, 7) is 1.33. The van der Waals surface area contributed by atoms with Gasteiger partial charge in [0.2, 0.25) is 0 Å². The summed E-state index contributed by atoms with van der Waals surface area (Å²) >= 11 is 3.30. The molecule has 2 N–H and O–H groups in total. The fourth-order valence-corrected chi connectivity index (χ4v) is 1.76. The molecule has 0 saturated carbocycles.